The first-order valence-corrected chi connectivity index (χ1v) is 7.28. The summed E-state index contributed by atoms with van der Waals surface area (Å²) in [6.45, 7) is 5.88. The molecule has 2 aromatic heterocycles. The summed E-state index contributed by atoms with van der Waals surface area (Å²) in [7, 11) is 0. The van der Waals surface area contributed by atoms with Crippen molar-refractivity contribution in [3.05, 3.63) is 65.1 Å². The topological polar surface area (TPSA) is 42.2 Å². The molecule has 1 aromatic carbocycles. The number of aryl methyl sites for hydroxylation is 2. The van der Waals surface area contributed by atoms with Gasteiger partial charge in [-0.2, -0.15) is 5.10 Å². The van der Waals surface area contributed by atoms with Crippen LogP contribution >= 0.6 is 0 Å². The molecule has 0 bridgehead atoms. The lowest BCUT2D eigenvalue weighted by atomic mass is 10.1. The van der Waals surface area contributed by atoms with Crippen LogP contribution in [0.2, 0.25) is 0 Å². The summed E-state index contributed by atoms with van der Waals surface area (Å²) in [6, 6.07) is 10.6. The summed E-state index contributed by atoms with van der Waals surface area (Å²) >= 11 is 0. The maximum absolute atomic E-state index is 4.41. The van der Waals surface area contributed by atoms with E-state index >= 15 is 0 Å². The van der Waals surface area contributed by atoms with Gasteiger partial charge in [-0.05, 0) is 32.4 Å². The zero-order valence-corrected chi connectivity index (χ0v) is 12.5. The summed E-state index contributed by atoms with van der Waals surface area (Å²) in [6.07, 6.45) is 4.99. The first-order chi connectivity index (χ1) is 10.2. The van der Waals surface area contributed by atoms with Crippen LogP contribution in [0.25, 0.3) is 5.65 Å². The highest BCUT2D eigenvalue weighted by atomic mass is 15.2. The Hall–Kier alpha value is -2.20. The molecular formula is C17H20N4. The number of nitrogens with zero attached hydrogens (tertiary/aromatic N) is 3. The fraction of sp³-hybridized carbons (Fsp3) is 0.294. The van der Waals surface area contributed by atoms with Gasteiger partial charge in [0.25, 0.3) is 0 Å². The van der Waals surface area contributed by atoms with Crippen LogP contribution in [0.15, 0.2) is 42.7 Å². The molecule has 2 heterocycles. The fourth-order valence-corrected chi connectivity index (χ4v) is 2.46. The predicted molar refractivity (Wildman–Crippen MR) is 84.3 cm³/mol. The second-order valence-corrected chi connectivity index (χ2v) is 5.47. The van der Waals surface area contributed by atoms with Crippen molar-refractivity contribution in [1.82, 2.24) is 19.9 Å². The van der Waals surface area contributed by atoms with E-state index in [4.69, 9.17) is 0 Å². The second-order valence-electron chi connectivity index (χ2n) is 5.47. The fourth-order valence-electron chi connectivity index (χ4n) is 2.46. The van der Waals surface area contributed by atoms with Crippen molar-refractivity contribution in [2.75, 3.05) is 6.54 Å². The molecule has 0 spiro atoms. The van der Waals surface area contributed by atoms with E-state index < -0.39 is 0 Å². The molecule has 4 heteroatoms. The Morgan fingerprint density at radius 2 is 2.05 bits per heavy atom. The molecule has 1 N–H and O–H groups in total. The molecule has 0 fully saturated rings. The first kappa shape index (κ1) is 13.8. The lowest BCUT2D eigenvalue weighted by molar-refractivity contribution is 0.680. The summed E-state index contributed by atoms with van der Waals surface area (Å²) in [5.41, 5.74) is 5.73. The minimum atomic E-state index is 0.813. The van der Waals surface area contributed by atoms with Gasteiger partial charge >= 0.3 is 0 Å². The van der Waals surface area contributed by atoms with Gasteiger partial charge in [-0.25, -0.2) is 9.50 Å². The highest BCUT2D eigenvalue weighted by Gasteiger charge is 2.00. The third-order valence-electron chi connectivity index (χ3n) is 3.49. The molecule has 0 aliphatic heterocycles. The molecule has 0 saturated heterocycles. The number of hydrogen-bond acceptors (Lipinski definition) is 3. The van der Waals surface area contributed by atoms with E-state index in [1.54, 1.807) is 0 Å². The lowest BCUT2D eigenvalue weighted by Gasteiger charge is -2.06. The van der Waals surface area contributed by atoms with Gasteiger partial charge in [-0.15, -0.1) is 0 Å². The van der Waals surface area contributed by atoms with Crippen molar-refractivity contribution in [2.45, 2.75) is 26.8 Å². The van der Waals surface area contributed by atoms with Crippen LogP contribution in [0.5, 0.6) is 0 Å². The van der Waals surface area contributed by atoms with Crippen LogP contribution in [0.3, 0.4) is 0 Å². The Labute approximate surface area is 124 Å². The van der Waals surface area contributed by atoms with E-state index in [9.17, 15) is 0 Å². The predicted octanol–water partition coefficient (Wildman–Crippen LogP) is 2.68. The summed E-state index contributed by atoms with van der Waals surface area (Å²) in [5, 5.41) is 7.85. The number of aromatic nitrogens is 3. The average molecular weight is 280 g/mol. The maximum atomic E-state index is 4.41. The standard InChI is InChI=1S/C17H20N4/c1-13-4-3-5-15(8-13)6-7-18-10-16-11-19-17-9-14(2)20-21(17)12-16/h3-5,8-9,11-12,18H,6-7,10H2,1-2H3. The molecule has 0 radical (unpaired) electrons. The Balaban J connectivity index is 1.54. The number of hydrogen-bond donors (Lipinski definition) is 1. The molecular weight excluding hydrogens is 260 g/mol. The van der Waals surface area contributed by atoms with Gasteiger partial charge in [0.05, 0.1) is 5.69 Å². The number of rotatable bonds is 5. The van der Waals surface area contributed by atoms with Gasteiger partial charge in [0.1, 0.15) is 0 Å². The molecule has 108 valence electrons. The van der Waals surface area contributed by atoms with Crippen LogP contribution in [-0.2, 0) is 13.0 Å². The number of fused-ring (bicyclic) bond motifs is 1. The van der Waals surface area contributed by atoms with Crippen molar-refractivity contribution < 1.29 is 0 Å². The molecule has 21 heavy (non-hydrogen) atoms. The van der Waals surface area contributed by atoms with Crippen molar-refractivity contribution in [3.63, 3.8) is 0 Å². The molecule has 0 unspecified atom stereocenters. The summed E-state index contributed by atoms with van der Waals surface area (Å²) in [4.78, 5) is 4.41. The molecule has 0 atom stereocenters. The highest BCUT2D eigenvalue weighted by Crippen LogP contribution is 2.06. The van der Waals surface area contributed by atoms with Crippen molar-refractivity contribution in [2.24, 2.45) is 0 Å². The molecule has 3 rings (SSSR count). The maximum Gasteiger partial charge on any atom is 0.155 e. The SMILES string of the molecule is Cc1cccc(CCNCc2cnc3cc(C)nn3c2)c1. The van der Waals surface area contributed by atoms with Crippen molar-refractivity contribution in [3.8, 4) is 0 Å². The van der Waals surface area contributed by atoms with Gasteiger partial charge in [-0.1, -0.05) is 29.8 Å². The Kier molecular flexibility index (Phi) is 3.97. The zero-order valence-electron chi connectivity index (χ0n) is 12.5. The third kappa shape index (κ3) is 3.47. The largest absolute Gasteiger partial charge is 0.312 e. The molecule has 4 nitrogen and oxygen atoms in total. The third-order valence-corrected chi connectivity index (χ3v) is 3.49. The van der Waals surface area contributed by atoms with Gasteiger partial charge in [-0.3, -0.25) is 0 Å². The quantitative estimate of drug-likeness (QED) is 0.731. The first-order valence-electron chi connectivity index (χ1n) is 7.28. The van der Waals surface area contributed by atoms with Crippen LogP contribution in [0, 0.1) is 13.8 Å². The molecule has 0 aliphatic carbocycles. The Morgan fingerprint density at radius 1 is 1.14 bits per heavy atom. The molecule has 3 aromatic rings. The Morgan fingerprint density at radius 3 is 2.90 bits per heavy atom. The normalized spacial score (nSPS) is 11.1. The minimum Gasteiger partial charge on any atom is -0.312 e. The molecule has 0 amide bonds. The van der Waals surface area contributed by atoms with E-state index in [1.807, 2.05) is 29.9 Å². The molecule has 0 aliphatic rings. The smallest absolute Gasteiger partial charge is 0.155 e. The van der Waals surface area contributed by atoms with Crippen LogP contribution in [-0.4, -0.2) is 21.1 Å². The summed E-state index contributed by atoms with van der Waals surface area (Å²) < 4.78 is 1.84. The van der Waals surface area contributed by atoms with Gasteiger partial charge in [0.15, 0.2) is 5.65 Å². The van der Waals surface area contributed by atoms with Gasteiger partial charge < -0.3 is 5.32 Å². The van der Waals surface area contributed by atoms with E-state index in [1.165, 1.54) is 11.1 Å². The Bertz CT molecular complexity index is 745. The van der Waals surface area contributed by atoms with Crippen LogP contribution < -0.4 is 5.32 Å². The zero-order chi connectivity index (χ0) is 14.7. The van der Waals surface area contributed by atoms with Crippen molar-refractivity contribution >= 4 is 5.65 Å². The summed E-state index contributed by atoms with van der Waals surface area (Å²) in [5.74, 6) is 0. The van der Waals surface area contributed by atoms with E-state index in [2.05, 4.69) is 46.6 Å². The number of benzene rings is 1. The minimum absolute atomic E-state index is 0.813. The molecule has 0 saturated carbocycles. The van der Waals surface area contributed by atoms with Gasteiger partial charge in [0, 0.05) is 30.6 Å². The highest BCUT2D eigenvalue weighted by molar-refractivity contribution is 5.38. The lowest BCUT2D eigenvalue weighted by Crippen LogP contribution is -2.17. The monoisotopic (exact) mass is 280 g/mol. The van der Waals surface area contributed by atoms with E-state index in [0.29, 0.717) is 0 Å². The van der Waals surface area contributed by atoms with E-state index in [-0.39, 0.29) is 0 Å². The van der Waals surface area contributed by atoms with Crippen molar-refractivity contribution in [1.29, 1.82) is 0 Å². The van der Waals surface area contributed by atoms with Gasteiger partial charge in [0.2, 0.25) is 0 Å². The number of nitrogens with one attached hydrogen (secondary N) is 1. The van der Waals surface area contributed by atoms with E-state index in [0.717, 1.165) is 36.4 Å². The van der Waals surface area contributed by atoms with Crippen LogP contribution in [0.1, 0.15) is 22.4 Å². The van der Waals surface area contributed by atoms with Crippen LogP contribution in [0.4, 0.5) is 0 Å². The second kappa shape index (κ2) is 6.06. The average Bonchev–Trinajstić information content (AvgIpc) is 2.83.